The number of carbonyl (C=O) groups is 1. The molecule has 0 spiro atoms. The summed E-state index contributed by atoms with van der Waals surface area (Å²) >= 11 is 0. The van der Waals surface area contributed by atoms with Crippen LogP contribution in [0.1, 0.15) is 108 Å². The van der Waals surface area contributed by atoms with Crippen LogP contribution in [0.4, 0.5) is 0 Å². The number of ether oxygens (including phenoxy) is 2. The molecular weight excluding hydrogens is 470 g/mol. The van der Waals surface area contributed by atoms with Gasteiger partial charge in [-0.1, -0.05) is 114 Å². The highest BCUT2D eigenvalue weighted by molar-refractivity contribution is 5.69. The Labute approximate surface area is 233 Å². The summed E-state index contributed by atoms with van der Waals surface area (Å²) in [5.74, 6) is 0.541. The number of benzene rings is 2. The Morgan fingerprint density at radius 1 is 0.737 bits per heavy atom. The van der Waals surface area contributed by atoms with Gasteiger partial charge in [-0.15, -0.1) is 0 Å². The van der Waals surface area contributed by atoms with Crippen molar-refractivity contribution in [1.82, 2.24) is 0 Å². The molecule has 0 bridgehead atoms. The number of unbranched alkanes of at least 4 members (excludes halogenated alkanes) is 10. The fraction of sp³-hybridized carbons (Fsp3) is 0.618. The van der Waals surface area contributed by atoms with Crippen LogP contribution < -0.4 is 4.74 Å². The van der Waals surface area contributed by atoms with Crippen LogP contribution in [0.3, 0.4) is 0 Å². The van der Waals surface area contributed by atoms with E-state index in [9.17, 15) is 4.79 Å². The number of nitrogens with zero attached hydrogens (tertiary/aromatic N) is 1. The number of hydrogen-bond acceptors (Lipinski definition) is 3. The van der Waals surface area contributed by atoms with E-state index >= 15 is 0 Å². The lowest BCUT2D eigenvalue weighted by Crippen LogP contribution is -2.39. The first-order valence-electron chi connectivity index (χ1n) is 15.2. The van der Waals surface area contributed by atoms with E-state index in [2.05, 4.69) is 57.4 Å². The maximum atomic E-state index is 12.3. The first-order chi connectivity index (χ1) is 18.4. The second kappa shape index (κ2) is 18.8. The summed E-state index contributed by atoms with van der Waals surface area (Å²) in [7, 11) is 4.40. The Hall–Kier alpha value is -2.33. The summed E-state index contributed by atoms with van der Waals surface area (Å²) in [5.41, 5.74) is 2.65. The van der Waals surface area contributed by atoms with Gasteiger partial charge in [-0.2, -0.15) is 0 Å². The highest BCUT2D eigenvalue weighted by Gasteiger charge is 2.18. The minimum Gasteiger partial charge on any atom is -0.455 e. The highest BCUT2D eigenvalue weighted by Crippen LogP contribution is 2.18. The molecule has 2 rings (SSSR count). The molecule has 212 valence electrons. The number of aryl methyl sites for hydroxylation is 1. The lowest BCUT2D eigenvalue weighted by molar-refractivity contribution is -0.903. The summed E-state index contributed by atoms with van der Waals surface area (Å²) in [4.78, 5) is 12.3. The average Bonchev–Trinajstić information content (AvgIpc) is 2.88. The number of rotatable bonds is 21. The van der Waals surface area contributed by atoms with Crippen molar-refractivity contribution in [3.63, 3.8) is 0 Å². The smallest absolute Gasteiger partial charge is 0.309 e. The summed E-state index contributed by atoms with van der Waals surface area (Å²) in [6.45, 7) is 5.93. The second-order valence-corrected chi connectivity index (χ2v) is 11.5. The summed E-state index contributed by atoms with van der Waals surface area (Å²) < 4.78 is 12.2. The molecule has 4 heteroatoms. The van der Waals surface area contributed by atoms with Crippen molar-refractivity contribution in [1.29, 1.82) is 0 Å². The first kappa shape index (κ1) is 31.9. The van der Waals surface area contributed by atoms with Gasteiger partial charge in [0.25, 0.3) is 0 Å². The fourth-order valence-electron chi connectivity index (χ4n) is 5.00. The molecule has 0 radical (unpaired) electrons. The predicted molar refractivity (Wildman–Crippen MR) is 159 cm³/mol. The average molecular weight is 525 g/mol. The van der Waals surface area contributed by atoms with E-state index in [-0.39, 0.29) is 5.97 Å². The van der Waals surface area contributed by atoms with E-state index in [1.807, 2.05) is 18.2 Å². The molecule has 2 aromatic rings. The largest absolute Gasteiger partial charge is 0.455 e. The number of hydrogen-bond donors (Lipinski definition) is 0. The molecule has 0 aliphatic rings. The van der Waals surface area contributed by atoms with Crippen molar-refractivity contribution in [2.45, 2.75) is 117 Å². The van der Waals surface area contributed by atoms with E-state index in [0.29, 0.717) is 6.42 Å². The van der Waals surface area contributed by atoms with Crippen molar-refractivity contribution < 1.29 is 18.8 Å². The molecule has 0 saturated carbocycles. The van der Waals surface area contributed by atoms with Gasteiger partial charge >= 0.3 is 5.97 Å². The van der Waals surface area contributed by atoms with E-state index in [1.165, 1.54) is 81.8 Å². The molecule has 0 aromatic heterocycles. The quantitative estimate of drug-likeness (QED) is 0.0708. The molecule has 0 N–H and O–H groups in total. The lowest BCUT2D eigenvalue weighted by atomic mass is 10.0. The molecule has 1 atom stereocenters. The third-order valence-electron chi connectivity index (χ3n) is 7.19. The van der Waals surface area contributed by atoms with Gasteiger partial charge in [-0.25, -0.2) is 0 Å². The second-order valence-electron chi connectivity index (χ2n) is 11.5. The van der Waals surface area contributed by atoms with Gasteiger partial charge in [0.05, 0.1) is 27.1 Å². The maximum Gasteiger partial charge on any atom is 0.309 e. The zero-order valence-corrected chi connectivity index (χ0v) is 24.8. The molecule has 0 saturated heterocycles. The van der Waals surface area contributed by atoms with Crippen LogP contribution in [-0.4, -0.2) is 37.4 Å². The molecule has 4 nitrogen and oxygen atoms in total. The zero-order chi connectivity index (χ0) is 27.5. The Balaban J connectivity index is 1.53. The Bertz CT molecular complexity index is 863. The lowest BCUT2D eigenvalue weighted by Gasteiger charge is -2.29. The van der Waals surface area contributed by atoms with Crippen molar-refractivity contribution in [3.8, 4) is 5.75 Å². The van der Waals surface area contributed by atoms with Gasteiger partial charge in [0, 0.05) is 18.9 Å². The highest BCUT2D eigenvalue weighted by atomic mass is 16.7. The molecule has 0 heterocycles. The van der Waals surface area contributed by atoms with Gasteiger partial charge in [0.2, 0.25) is 6.29 Å². The predicted octanol–water partition coefficient (Wildman–Crippen LogP) is 8.86. The molecule has 0 fully saturated rings. The van der Waals surface area contributed by atoms with Crippen LogP contribution in [0, 0.1) is 0 Å². The monoisotopic (exact) mass is 524 g/mol. The summed E-state index contributed by atoms with van der Waals surface area (Å²) in [5, 5.41) is 0. The van der Waals surface area contributed by atoms with Crippen molar-refractivity contribution >= 4 is 5.97 Å². The van der Waals surface area contributed by atoms with Gasteiger partial charge in [0.15, 0.2) is 0 Å². The number of quaternary nitrogens is 1. The number of esters is 1. The molecule has 0 aliphatic heterocycles. The summed E-state index contributed by atoms with van der Waals surface area (Å²) in [6.07, 6.45) is 16.8. The van der Waals surface area contributed by atoms with Gasteiger partial charge < -0.3 is 14.0 Å². The van der Waals surface area contributed by atoms with Crippen LogP contribution in [0.2, 0.25) is 0 Å². The molecule has 38 heavy (non-hydrogen) atoms. The molecular formula is C34H54NO3+. The molecule has 1 unspecified atom stereocenters. The topological polar surface area (TPSA) is 35.5 Å². The SMILES string of the molecule is CCCCCCCCCCCCCc1ccc(OC(C)OC(=O)CCC[N+](C)(C)Cc2ccccc2)cc1. The van der Waals surface area contributed by atoms with E-state index in [0.717, 1.165) is 36.2 Å². The van der Waals surface area contributed by atoms with Crippen LogP contribution in [0.15, 0.2) is 54.6 Å². The van der Waals surface area contributed by atoms with Crippen molar-refractivity contribution in [2.24, 2.45) is 0 Å². The van der Waals surface area contributed by atoms with Crippen LogP contribution in [0.25, 0.3) is 0 Å². The minimum atomic E-state index is -0.591. The third-order valence-corrected chi connectivity index (χ3v) is 7.19. The van der Waals surface area contributed by atoms with Crippen LogP contribution in [-0.2, 0) is 22.5 Å². The Morgan fingerprint density at radius 3 is 1.92 bits per heavy atom. The third kappa shape index (κ3) is 15.2. The Kier molecular flexibility index (Phi) is 15.8. The number of carbonyl (C=O) groups excluding carboxylic acids is 1. The zero-order valence-electron chi connectivity index (χ0n) is 24.8. The van der Waals surface area contributed by atoms with Crippen LogP contribution in [0.5, 0.6) is 5.75 Å². The maximum absolute atomic E-state index is 12.3. The van der Waals surface area contributed by atoms with Gasteiger partial charge in [-0.3, -0.25) is 4.79 Å². The standard InChI is InChI=1S/C34H54NO3/c1-5-6-7-8-9-10-11-12-13-14-16-20-31-24-26-33(27-25-31)37-30(2)38-34(36)23-19-28-35(3,4)29-32-21-17-15-18-22-32/h15,17-18,21-22,24-27,30H,5-14,16,19-20,23,28-29H2,1-4H3/q+1. The summed E-state index contributed by atoms with van der Waals surface area (Å²) in [6, 6.07) is 18.7. The molecule has 2 aromatic carbocycles. The van der Waals surface area contributed by atoms with Crippen molar-refractivity contribution in [2.75, 3.05) is 20.6 Å². The van der Waals surface area contributed by atoms with Gasteiger partial charge in [-0.05, 0) is 30.5 Å². The van der Waals surface area contributed by atoms with Gasteiger partial charge in [0.1, 0.15) is 12.3 Å². The van der Waals surface area contributed by atoms with E-state index in [1.54, 1.807) is 6.92 Å². The fourth-order valence-corrected chi connectivity index (χ4v) is 5.00. The normalized spacial score (nSPS) is 12.3. The Morgan fingerprint density at radius 2 is 1.32 bits per heavy atom. The van der Waals surface area contributed by atoms with Crippen LogP contribution >= 0.6 is 0 Å². The van der Waals surface area contributed by atoms with Crippen molar-refractivity contribution in [3.05, 3.63) is 65.7 Å². The van der Waals surface area contributed by atoms with E-state index < -0.39 is 6.29 Å². The minimum absolute atomic E-state index is 0.203. The van der Waals surface area contributed by atoms with E-state index in [4.69, 9.17) is 9.47 Å². The molecule has 0 aliphatic carbocycles. The molecule has 0 amide bonds. The first-order valence-corrected chi connectivity index (χ1v) is 15.2.